The lowest BCUT2D eigenvalue weighted by Crippen LogP contribution is -2.32. The van der Waals surface area contributed by atoms with Crippen LogP contribution >= 0.6 is 0 Å². The summed E-state index contributed by atoms with van der Waals surface area (Å²) in [5.41, 5.74) is 3.89. The summed E-state index contributed by atoms with van der Waals surface area (Å²) in [6, 6.07) is 15.9. The number of carbonyl (C=O) groups is 1. The fourth-order valence-electron chi connectivity index (χ4n) is 3.81. The Morgan fingerprint density at radius 3 is 1.75 bits per heavy atom. The Hall–Kier alpha value is -2.29. The predicted octanol–water partition coefficient (Wildman–Crippen LogP) is 6.17. The molecule has 0 heterocycles. The van der Waals surface area contributed by atoms with E-state index in [1.165, 1.54) is 5.69 Å². The standard InChI is InChI=1S/C25H36N2O/c1-5-17-26(18-6-2)23-16-12-15-22(24(23)27(19-7-3)20-8-4)25(28)21-13-10-9-11-14-21/h9-16H,5-8,17-20H2,1-4H3. The molecule has 0 saturated heterocycles. The second-order valence-electron chi connectivity index (χ2n) is 7.34. The molecule has 0 radical (unpaired) electrons. The van der Waals surface area contributed by atoms with Crippen LogP contribution < -0.4 is 9.80 Å². The highest BCUT2D eigenvalue weighted by atomic mass is 16.1. The average molecular weight is 381 g/mol. The summed E-state index contributed by atoms with van der Waals surface area (Å²) in [7, 11) is 0. The molecule has 0 N–H and O–H groups in total. The molecular formula is C25H36N2O. The maximum absolute atomic E-state index is 13.4. The Morgan fingerprint density at radius 1 is 0.679 bits per heavy atom. The van der Waals surface area contributed by atoms with Crippen molar-refractivity contribution in [2.24, 2.45) is 0 Å². The first-order valence-electron chi connectivity index (χ1n) is 10.9. The second-order valence-corrected chi connectivity index (χ2v) is 7.34. The number of rotatable bonds is 12. The summed E-state index contributed by atoms with van der Waals surface area (Å²) in [6.07, 6.45) is 4.32. The van der Waals surface area contributed by atoms with Crippen LogP contribution in [0.25, 0.3) is 0 Å². The first-order valence-corrected chi connectivity index (χ1v) is 10.9. The molecule has 2 aromatic carbocycles. The van der Waals surface area contributed by atoms with E-state index in [1.54, 1.807) is 0 Å². The van der Waals surface area contributed by atoms with Crippen LogP contribution in [0.1, 0.15) is 69.3 Å². The van der Waals surface area contributed by atoms with Crippen LogP contribution in [0.15, 0.2) is 48.5 Å². The van der Waals surface area contributed by atoms with E-state index in [1.807, 2.05) is 42.5 Å². The van der Waals surface area contributed by atoms with Crippen molar-refractivity contribution >= 4 is 17.2 Å². The largest absolute Gasteiger partial charge is 0.370 e. The number of nitrogens with zero attached hydrogens (tertiary/aromatic N) is 2. The SMILES string of the molecule is CCCN(CCC)c1cccc(C(=O)c2ccccc2)c1N(CCC)CCC. The summed E-state index contributed by atoms with van der Waals surface area (Å²) in [6.45, 7) is 12.8. The minimum absolute atomic E-state index is 0.114. The van der Waals surface area contributed by atoms with E-state index < -0.39 is 0 Å². The van der Waals surface area contributed by atoms with Crippen molar-refractivity contribution in [3.8, 4) is 0 Å². The average Bonchev–Trinajstić information content (AvgIpc) is 2.73. The van der Waals surface area contributed by atoms with Crippen LogP contribution in [0.3, 0.4) is 0 Å². The highest BCUT2D eigenvalue weighted by Crippen LogP contribution is 2.35. The van der Waals surface area contributed by atoms with Crippen LogP contribution in [-0.4, -0.2) is 32.0 Å². The van der Waals surface area contributed by atoms with Crippen molar-refractivity contribution < 1.29 is 4.79 Å². The molecule has 0 bridgehead atoms. The molecule has 0 aliphatic heterocycles. The molecule has 0 amide bonds. The third kappa shape index (κ3) is 5.37. The zero-order valence-electron chi connectivity index (χ0n) is 18.1. The third-order valence-electron chi connectivity index (χ3n) is 4.93. The molecule has 2 aromatic rings. The number of hydrogen-bond donors (Lipinski definition) is 0. The number of benzene rings is 2. The quantitative estimate of drug-likeness (QED) is 0.411. The van der Waals surface area contributed by atoms with E-state index in [4.69, 9.17) is 0 Å². The zero-order valence-corrected chi connectivity index (χ0v) is 18.1. The molecule has 0 saturated carbocycles. The van der Waals surface area contributed by atoms with Gasteiger partial charge in [0.1, 0.15) is 0 Å². The van der Waals surface area contributed by atoms with Gasteiger partial charge < -0.3 is 9.80 Å². The van der Waals surface area contributed by atoms with Gasteiger partial charge in [-0.05, 0) is 37.8 Å². The molecule has 0 aliphatic carbocycles. The molecule has 2 rings (SSSR count). The topological polar surface area (TPSA) is 23.6 Å². The van der Waals surface area contributed by atoms with E-state index in [2.05, 4.69) is 43.6 Å². The van der Waals surface area contributed by atoms with Crippen molar-refractivity contribution in [3.05, 3.63) is 59.7 Å². The molecule has 0 atom stereocenters. The van der Waals surface area contributed by atoms with Crippen LogP contribution in [0, 0.1) is 0 Å². The van der Waals surface area contributed by atoms with Gasteiger partial charge in [-0.3, -0.25) is 4.79 Å². The van der Waals surface area contributed by atoms with Crippen molar-refractivity contribution in [1.29, 1.82) is 0 Å². The number of ketones is 1. The molecule has 0 spiro atoms. The van der Waals surface area contributed by atoms with Gasteiger partial charge in [0.2, 0.25) is 0 Å². The van der Waals surface area contributed by atoms with E-state index in [0.717, 1.165) is 68.7 Å². The molecule has 152 valence electrons. The van der Waals surface area contributed by atoms with Crippen molar-refractivity contribution in [3.63, 3.8) is 0 Å². The van der Waals surface area contributed by atoms with Crippen LogP contribution in [0.4, 0.5) is 11.4 Å². The van der Waals surface area contributed by atoms with Gasteiger partial charge in [-0.2, -0.15) is 0 Å². The molecule has 0 fully saturated rings. The number of anilines is 2. The van der Waals surface area contributed by atoms with Gasteiger partial charge >= 0.3 is 0 Å². The van der Waals surface area contributed by atoms with Gasteiger partial charge in [0.05, 0.1) is 11.4 Å². The lowest BCUT2D eigenvalue weighted by Gasteiger charge is -2.33. The van der Waals surface area contributed by atoms with Gasteiger partial charge in [0, 0.05) is 37.3 Å². The first-order chi connectivity index (χ1) is 13.7. The highest BCUT2D eigenvalue weighted by molar-refractivity contribution is 6.14. The van der Waals surface area contributed by atoms with E-state index in [0.29, 0.717) is 0 Å². The first kappa shape index (κ1) is 22.0. The number of hydrogen-bond acceptors (Lipinski definition) is 3. The minimum atomic E-state index is 0.114. The molecule has 28 heavy (non-hydrogen) atoms. The second kappa shape index (κ2) is 11.5. The number of carbonyl (C=O) groups excluding carboxylic acids is 1. The van der Waals surface area contributed by atoms with Crippen molar-refractivity contribution in [2.45, 2.75) is 53.4 Å². The molecule has 0 aromatic heterocycles. The van der Waals surface area contributed by atoms with E-state index in [9.17, 15) is 4.79 Å². The summed E-state index contributed by atoms with van der Waals surface area (Å²) < 4.78 is 0. The Bertz CT molecular complexity index is 715. The molecular weight excluding hydrogens is 344 g/mol. The Morgan fingerprint density at radius 2 is 1.21 bits per heavy atom. The summed E-state index contributed by atoms with van der Waals surface area (Å²) in [5, 5.41) is 0. The summed E-state index contributed by atoms with van der Waals surface area (Å²) >= 11 is 0. The Balaban J connectivity index is 2.63. The maximum Gasteiger partial charge on any atom is 0.195 e. The van der Waals surface area contributed by atoms with Gasteiger partial charge in [-0.25, -0.2) is 0 Å². The normalized spacial score (nSPS) is 10.7. The lowest BCUT2D eigenvalue weighted by molar-refractivity contribution is 0.103. The van der Waals surface area contributed by atoms with Crippen LogP contribution in [0.5, 0.6) is 0 Å². The van der Waals surface area contributed by atoms with Gasteiger partial charge in [0.25, 0.3) is 0 Å². The molecule has 0 unspecified atom stereocenters. The molecule has 3 heteroatoms. The third-order valence-corrected chi connectivity index (χ3v) is 4.93. The highest BCUT2D eigenvalue weighted by Gasteiger charge is 2.23. The fraction of sp³-hybridized carbons (Fsp3) is 0.480. The van der Waals surface area contributed by atoms with E-state index in [-0.39, 0.29) is 5.78 Å². The fourth-order valence-corrected chi connectivity index (χ4v) is 3.81. The summed E-state index contributed by atoms with van der Waals surface area (Å²) in [5.74, 6) is 0.114. The predicted molar refractivity (Wildman–Crippen MR) is 122 cm³/mol. The van der Waals surface area contributed by atoms with Crippen LogP contribution in [0.2, 0.25) is 0 Å². The van der Waals surface area contributed by atoms with Crippen molar-refractivity contribution in [1.82, 2.24) is 0 Å². The lowest BCUT2D eigenvalue weighted by atomic mass is 9.99. The van der Waals surface area contributed by atoms with Crippen molar-refractivity contribution in [2.75, 3.05) is 36.0 Å². The van der Waals surface area contributed by atoms with E-state index >= 15 is 0 Å². The Labute approximate surface area is 171 Å². The summed E-state index contributed by atoms with van der Waals surface area (Å²) in [4.78, 5) is 18.3. The maximum atomic E-state index is 13.4. The molecule has 0 aliphatic rings. The van der Waals surface area contributed by atoms with Gasteiger partial charge in [-0.15, -0.1) is 0 Å². The zero-order chi connectivity index (χ0) is 20.4. The monoisotopic (exact) mass is 380 g/mol. The van der Waals surface area contributed by atoms with Gasteiger partial charge in [-0.1, -0.05) is 64.1 Å². The minimum Gasteiger partial charge on any atom is -0.370 e. The smallest absolute Gasteiger partial charge is 0.195 e. The number of para-hydroxylation sites is 1. The molecule has 3 nitrogen and oxygen atoms in total. The van der Waals surface area contributed by atoms with Crippen LogP contribution in [-0.2, 0) is 0 Å². The van der Waals surface area contributed by atoms with Gasteiger partial charge in [0.15, 0.2) is 5.78 Å². The Kier molecular flexibility index (Phi) is 9.06.